The number of fused-ring (bicyclic) bond motifs is 3. The van der Waals surface area contributed by atoms with Crippen molar-refractivity contribution in [1.82, 2.24) is 9.82 Å². The first-order valence-corrected chi connectivity index (χ1v) is 11.2. The summed E-state index contributed by atoms with van der Waals surface area (Å²) in [6.07, 6.45) is 1.54. The second-order valence-electron chi connectivity index (χ2n) is 7.71. The summed E-state index contributed by atoms with van der Waals surface area (Å²) in [5, 5.41) is 5.34. The summed E-state index contributed by atoms with van der Waals surface area (Å²) in [7, 11) is -0.531. The van der Waals surface area contributed by atoms with Crippen LogP contribution in [0.25, 0.3) is 10.9 Å². The van der Waals surface area contributed by atoms with E-state index in [0.29, 0.717) is 29.5 Å². The van der Waals surface area contributed by atoms with Crippen LogP contribution in [0.2, 0.25) is 0 Å². The van der Waals surface area contributed by atoms with Crippen molar-refractivity contribution in [3.63, 3.8) is 0 Å². The van der Waals surface area contributed by atoms with Gasteiger partial charge in [0.1, 0.15) is 0 Å². The van der Waals surface area contributed by atoms with E-state index in [-0.39, 0.29) is 4.90 Å². The molecule has 3 aromatic rings. The summed E-state index contributed by atoms with van der Waals surface area (Å²) >= 11 is 0. The van der Waals surface area contributed by atoms with E-state index >= 15 is 0 Å². The molecule has 8 heteroatoms. The number of rotatable bonds is 5. The van der Waals surface area contributed by atoms with Gasteiger partial charge in [0, 0.05) is 11.5 Å². The van der Waals surface area contributed by atoms with Crippen LogP contribution in [0.1, 0.15) is 30.2 Å². The Hall–Kier alpha value is -3.00. The Bertz CT molecular complexity index is 1230. The van der Waals surface area contributed by atoms with E-state index in [2.05, 4.69) is 21.8 Å². The van der Waals surface area contributed by atoms with Crippen molar-refractivity contribution in [3.8, 4) is 11.5 Å². The summed E-state index contributed by atoms with van der Waals surface area (Å²) in [5.74, 6) is 1.62. The van der Waals surface area contributed by atoms with Crippen LogP contribution in [0.5, 0.6) is 11.5 Å². The van der Waals surface area contributed by atoms with Crippen LogP contribution in [0.15, 0.2) is 46.4 Å². The number of H-pyrrole nitrogens is 1. The van der Waals surface area contributed by atoms with Crippen LogP contribution >= 0.6 is 0 Å². The minimum atomic E-state index is -3.74. The van der Waals surface area contributed by atoms with Gasteiger partial charge in [-0.3, -0.25) is 0 Å². The van der Waals surface area contributed by atoms with Crippen molar-refractivity contribution in [1.29, 1.82) is 0 Å². The molecule has 0 bridgehead atoms. The SMILES string of the molecule is COc1cc2[nH]c3c(c2cc1OC)CC(C)C/C3=N/NS(=O)(=O)c1ccc(C)cc1. The van der Waals surface area contributed by atoms with Gasteiger partial charge >= 0.3 is 0 Å². The number of benzene rings is 2. The Balaban J connectivity index is 1.75. The molecule has 0 spiro atoms. The number of hydrazone groups is 1. The molecular weight excluding hydrogens is 402 g/mol. The Labute approximate surface area is 176 Å². The van der Waals surface area contributed by atoms with Crippen LogP contribution < -0.4 is 14.3 Å². The average molecular weight is 428 g/mol. The highest BCUT2D eigenvalue weighted by Crippen LogP contribution is 2.38. The first-order valence-electron chi connectivity index (χ1n) is 9.74. The van der Waals surface area contributed by atoms with Crippen molar-refractivity contribution < 1.29 is 17.9 Å². The zero-order valence-corrected chi connectivity index (χ0v) is 18.3. The first-order chi connectivity index (χ1) is 14.3. The normalized spacial score (nSPS) is 17.7. The molecule has 0 aliphatic heterocycles. The molecule has 1 unspecified atom stereocenters. The van der Waals surface area contributed by atoms with Crippen LogP contribution in [-0.4, -0.2) is 33.3 Å². The maximum atomic E-state index is 12.7. The molecule has 1 heterocycles. The minimum absolute atomic E-state index is 0.188. The molecule has 158 valence electrons. The van der Waals surface area contributed by atoms with Gasteiger partial charge < -0.3 is 14.5 Å². The summed E-state index contributed by atoms with van der Waals surface area (Å²) in [4.78, 5) is 5.99. The molecule has 2 aromatic carbocycles. The molecule has 4 rings (SSSR count). The summed E-state index contributed by atoms with van der Waals surface area (Å²) < 4.78 is 36.2. The lowest BCUT2D eigenvalue weighted by Crippen LogP contribution is -2.24. The molecule has 0 saturated carbocycles. The van der Waals surface area contributed by atoms with Gasteiger partial charge in [-0.25, -0.2) is 0 Å². The molecule has 0 amide bonds. The summed E-state index contributed by atoms with van der Waals surface area (Å²) in [5.41, 5.74) is 4.55. The highest BCUT2D eigenvalue weighted by molar-refractivity contribution is 7.89. The van der Waals surface area contributed by atoms with Crippen LogP contribution in [0.3, 0.4) is 0 Å². The van der Waals surface area contributed by atoms with E-state index in [1.54, 1.807) is 38.5 Å². The third kappa shape index (κ3) is 3.63. The lowest BCUT2D eigenvalue weighted by Gasteiger charge is -2.20. The molecule has 1 aromatic heterocycles. The molecule has 0 fully saturated rings. The largest absolute Gasteiger partial charge is 0.493 e. The van der Waals surface area contributed by atoms with Crippen LogP contribution in [0, 0.1) is 12.8 Å². The number of methoxy groups -OCH3 is 2. The summed E-state index contributed by atoms with van der Waals surface area (Å²) in [6.45, 7) is 4.04. The molecule has 0 radical (unpaired) electrons. The predicted molar refractivity (Wildman–Crippen MR) is 117 cm³/mol. The van der Waals surface area contributed by atoms with Gasteiger partial charge in [0.15, 0.2) is 11.5 Å². The fraction of sp³-hybridized carbons (Fsp3) is 0.318. The number of hydrogen-bond acceptors (Lipinski definition) is 5. The lowest BCUT2D eigenvalue weighted by molar-refractivity contribution is 0.356. The van der Waals surface area contributed by atoms with Crippen molar-refractivity contribution in [3.05, 3.63) is 53.2 Å². The first kappa shape index (κ1) is 20.3. The Morgan fingerprint density at radius 2 is 1.73 bits per heavy atom. The fourth-order valence-electron chi connectivity index (χ4n) is 3.87. The monoisotopic (exact) mass is 427 g/mol. The fourth-order valence-corrected chi connectivity index (χ4v) is 4.70. The summed E-state index contributed by atoms with van der Waals surface area (Å²) in [6, 6.07) is 10.5. The van der Waals surface area contributed by atoms with Gasteiger partial charge in [0.2, 0.25) is 0 Å². The second-order valence-corrected chi connectivity index (χ2v) is 9.37. The Morgan fingerprint density at radius 1 is 1.07 bits per heavy atom. The van der Waals surface area contributed by atoms with Crippen molar-refractivity contribution in [2.45, 2.75) is 31.6 Å². The molecule has 1 aliphatic carbocycles. The zero-order chi connectivity index (χ0) is 21.5. The number of hydrogen-bond donors (Lipinski definition) is 2. The van der Waals surface area contributed by atoms with Gasteiger partial charge in [-0.05, 0) is 49.4 Å². The van der Waals surface area contributed by atoms with Gasteiger partial charge in [-0.2, -0.15) is 18.4 Å². The minimum Gasteiger partial charge on any atom is -0.493 e. The molecule has 1 atom stereocenters. The van der Waals surface area contributed by atoms with Crippen LogP contribution in [0.4, 0.5) is 0 Å². The van der Waals surface area contributed by atoms with Gasteiger partial charge in [-0.1, -0.05) is 24.6 Å². The predicted octanol–water partition coefficient (Wildman–Crippen LogP) is 3.76. The van der Waals surface area contributed by atoms with E-state index in [9.17, 15) is 8.42 Å². The Kier molecular flexibility index (Phi) is 5.19. The standard InChI is InChI=1S/C22H25N3O4S/c1-13-5-7-15(8-6-13)30(26,27)25-24-19-10-14(2)9-17-16-11-20(28-3)21(29-4)12-18(16)23-22(17)19/h5-8,11-12,14,23,25H,9-10H2,1-4H3/b24-19-. The molecule has 7 nitrogen and oxygen atoms in total. The zero-order valence-electron chi connectivity index (χ0n) is 17.4. The van der Waals surface area contributed by atoms with Crippen LogP contribution in [-0.2, 0) is 16.4 Å². The maximum absolute atomic E-state index is 12.7. The third-order valence-electron chi connectivity index (χ3n) is 5.43. The lowest BCUT2D eigenvalue weighted by atomic mass is 9.86. The third-order valence-corrected chi connectivity index (χ3v) is 6.65. The smallest absolute Gasteiger partial charge is 0.276 e. The van der Waals surface area contributed by atoms with Gasteiger partial charge in [0.25, 0.3) is 10.0 Å². The molecule has 1 aliphatic rings. The van der Waals surface area contributed by atoms with Gasteiger partial charge in [0.05, 0.1) is 36.0 Å². The topological polar surface area (TPSA) is 92.8 Å². The van der Waals surface area contributed by atoms with Crippen molar-refractivity contribution in [2.24, 2.45) is 11.0 Å². The van der Waals surface area contributed by atoms with Gasteiger partial charge in [-0.15, -0.1) is 0 Å². The van der Waals surface area contributed by atoms with E-state index in [1.165, 1.54) is 0 Å². The highest BCUT2D eigenvalue weighted by atomic mass is 32.2. The number of ether oxygens (including phenoxy) is 2. The van der Waals surface area contributed by atoms with E-state index < -0.39 is 10.0 Å². The van der Waals surface area contributed by atoms with E-state index in [0.717, 1.165) is 34.1 Å². The quantitative estimate of drug-likeness (QED) is 0.607. The average Bonchev–Trinajstić information content (AvgIpc) is 3.08. The number of nitrogens with one attached hydrogen (secondary N) is 2. The Morgan fingerprint density at radius 3 is 2.40 bits per heavy atom. The molecule has 30 heavy (non-hydrogen) atoms. The molecular formula is C22H25N3O4S. The van der Waals surface area contributed by atoms with Crippen molar-refractivity contribution >= 4 is 26.6 Å². The second kappa shape index (κ2) is 7.68. The number of sulfonamides is 1. The molecule has 0 saturated heterocycles. The van der Waals surface area contributed by atoms with Crippen molar-refractivity contribution in [2.75, 3.05) is 14.2 Å². The number of aromatic nitrogens is 1. The maximum Gasteiger partial charge on any atom is 0.276 e. The number of aromatic amines is 1. The number of nitrogens with zero attached hydrogens (tertiary/aromatic N) is 1. The molecule has 2 N–H and O–H groups in total. The van der Waals surface area contributed by atoms with E-state index in [4.69, 9.17) is 9.47 Å². The number of aryl methyl sites for hydroxylation is 1. The highest BCUT2D eigenvalue weighted by Gasteiger charge is 2.27. The van der Waals surface area contributed by atoms with E-state index in [1.807, 2.05) is 19.1 Å².